The molecule has 5 nitrogen and oxygen atoms in total. The summed E-state index contributed by atoms with van der Waals surface area (Å²) in [4.78, 5) is 13.4. The number of carbonyl (C=O) groups excluding carboxylic acids is 1. The molecule has 0 aliphatic carbocycles. The second-order valence-electron chi connectivity index (χ2n) is 4.02. The van der Waals surface area contributed by atoms with Crippen molar-refractivity contribution in [3.8, 4) is 0 Å². The molecule has 0 saturated carbocycles. The first kappa shape index (κ1) is 12.4. The van der Waals surface area contributed by atoms with Crippen molar-refractivity contribution in [2.45, 2.75) is 19.4 Å². The molecule has 1 rings (SSSR count). The Bertz CT molecular complexity index is 326. The molecule has 1 amide bonds. The fourth-order valence-corrected chi connectivity index (χ4v) is 2.17. The molecule has 1 fully saturated rings. The minimum Gasteiger partial charge on any atom is -0.337 e. The molecule has 6 heteroatoms. The van der Waals surface area contributed by atoms with Crippen LogP contribution in [0.4, 0.5) is 0 Å². The van der Waals surface area contributed by atoms with Gasteiger partial charge in [0.1, 0.15) is 9.84 Å². The number of nitrogens with one attached hydrogen (secondary N) is 1. The molecular weight excluding hydrogens is 216 g/mol. The largest absolute Gasteiger partial charge is 0.337 e. The van der Waals surface area contributed by atoms with Gasteiger partial charge in [0.2, 0.25) is 5.91 Å². The highest BCUT2D eigenvalue weighted by Gasteiger charge is 2.23. The molecule has 1 saturated heterocycles. The number of hydrogen-bond acceptors (Lipinski definition) is 4. The van der Waals surface area contributed by atoms with Gasteiger partial charge >= 0.3 is 0 Å². The molecule has 1 atom stereocenters. The second kappa shape index (κ2) is 4.94. The SMILES string of the molecule is C[C@@H]1CNCCN1C(=O)CCS(C)(=O)=O. The van der Waals surface area contributed by atoms with Gasteiger partial charge in [-0.15, -0.1) is 0 Å². The Morgan fingerprint density at radius 1 is 1.53 bits per heavy atom. The van der Waals surface area contributed by atoms with E-state index in [1.807, 2.05) is 6.92 Å². The summed E-state index contributed by atoms with van der Waals surface area (Å²) in [6.45, 7) is 4.20. The Balaban J connectivity index is 2.45. The predicted octanol–water partition coefficient (Wildman–Crippen LogP) is -0.759. The summed E-state index contributed by atoms with van der Waals surface area (Å²) in [6.07, 6.45) is 1.25. The topological polar surface area (TPSA) is 66.5 Å². The van der Waals surface area contributed by atoms with Crippen molar-refractivity contribution in [2.75, 3.05) is 31.6 Å². The van der Waals surface area contributed by atoms with Crippen molar-refractivity contribution in [3.63, 3.8) is 0 Å². The van der Waals surface area contributed by atoms with Crippen molar-refractivity contribution in [1.29, 1.82) is 0 Å². The van der Waals surface area contributed by atoms with Gasteiger partial charge in [0.25, 0.3) is 0 Å². The van der Waals surface area contributed by atoms with Crippen LogP contribution in [0.15, 0.2) is 0 Å². The van der Waals surface area contributed by atoms with E-state index in [2.05, 4.69) is 5.32 Å². The third kappa shape index (κ3) is 4.17. The van der Waals surface area contributed by atoms with Crippen LogP contribution in [0.5, 0.6) is 0 Å². The van der Waals surface area contributed by atoms with E-state index in [-0.39, 0.29) is 24.1 Å². The number of carbonyl (C=O) groups is 1. The zero-order valence-corrected chi connectivity index (χ0v) is 10.0. The van der Waals surface area contributed by atoms with Crippen LogP contribution in [0.2, 0.25) is 0 Å². The van der Waals surface area contributed by atoms with E-state index in [0.717, 1.165) is 19.3 Å². The standard InChI is InChI=1S/C9H18N2O3S/c1-8-7-10-4-5-11(8)9(12)3-6-15(2,13)14/h8,10H,3-7H2,1-2H3/t8-/m1/s1. The summed E-state index contributed by atoms with van der Waals surface area (Å²) in [5, 5.41) is 3.18. The quantitative estimate of drug-likeness (QED) is 0.697. The highest BCUT2D eigenvalue weighted by atomic mass is 32.2. The van der Waals surface area contributed by atoms with E-state index in [0.29, 0.717) is 6.54 Å². The van der Waals surface area contributed by atoms with Crippen LogP contribution >= 0.6 is 0 Å². The normalized spacial score (nSPS) is 22.8. The first-order chi connectivity index (χ1) is 6.90. The number of piperazine rings is 1. The number of rotatable bonds is 3. The molecule has 1 N–H and O–H groups in total. The zero-order chi connectivity index (χ0) is 11.5. The maximum atomic E-state index is 11.7. The van der Waals surface area contributed by atoms with Gasteiger partial charge in [0.15, 0.2) is 0 Å². The highest BCUT2D eigenvalue weighted by molar-refractivity contribution is 7.90. The van der Waals surface area contributed by atoms with Crippen molar-refractivity contribution in [3.05, 3.63) is 0 Å². The van der Waals surface area contributed by atoms with Crippen LogP contribution < -0.4 is 5.32 Å². The summed E-state index contributed by atoms with van der Waals surface area (Å²) >= 11 is 0. The van der Waals surface area contributed by atoms with Crippen LogP contribution in [0.1, 0.15) is 13.3 Å². The third-order valence-electron chi connectivity index (χ3n) is 2.51. The van der Waals surface area contributed by atoms with Gasteiger partial charge in [-0.3, -0.25) is 4.79 Å². The lowest BCUT2D eigenvalue weighted by Gasteiger charge is -2.34. The van der Waals surface area contributed by atoms with Crippen molar-refractivity contribution in [1.82, 2.24) is 10.2 Å². The molecule has 1 aliphatic heterocycles. The summed E-state index contributed by atoms with van der Waals surface area (Å²) < 4.78 is 21.8. The Kier molecular flexibility index (Phi) is 4.10. The number of amides is 1. The van der Waals surface area contributed by atoms with Crippen LogP contribution in [-0.4, -0.2) is 56.9 Å². The van der Waals surface area contributed by atoms with Crippen molar-refractivity contribution >= 4 is 15.7 Å². The number of sulfone groups is 1. The first-order valence-electron chi connectivity index (χ1n) is 5.08. The van der Waals surface area contributed by atoms with E-state index in [1.165, 1.54) is 0 Å². The summed E-state index contributed by atoms with van der Waals surface area (Å²) in [6, 6.07) is 0.158. The Labute approximate surface area is 90.7 Å². The molecule has 88 valence electrons. The molecule has 0 aromatic heterocycles. The van der Waals surface area contributed by atoms with Gasteiger partial charge in [0.05, 0.1) is 5.75 Å². The van der Waals surface area contributed by atoms with Gasteiger partial charge in [-0.05, 0) is 6.92 Å². The molecule has 0 spiro atoms. The van der Waals surface area contributed by atoms with Gasteiger partial charge in [-0.1, -0.05) is 0 Å². The van der Waals surface area contributed by atoms with E-state index in [9.17, 15) is 13.2 Å². The van der Waals surface area contributed by atoms with Gasteiger partial charge in [-0.2, -0.15) is 0 Å². The van der Waals surface area contributed by atoms with Crippen LogP contribution in [0.3, 0.4) is 0 Å². The average Bonchev–Trinajstić information content (AvgIpc) is 2.14. The Morgan fingerprint density at radius 2 is 2.20 bits per heavy atom. The van der Waals surface area contributed by atoms with E-state index in [1.54, 1.807) is 4.90 Å². The lowest BCUT2D eigenvalue weighted by Crippen LogP contribution is -2.52. The molecule has 0 unspecified atom stereocenters. The molecular formula is C9H18N2O3S. The monoisotopic (exact) mass is 234 g/mol. The van der Waals surface area contributed by atoms with Crippen molar-refractivity contribution in [2.24, 2.45) is 0 Å². The fraction of sp³-hybridized carbons (Fsp3) is 0.889. The first-order valence-corrected chi connectivity index (χ1v) is 7.14. The minimum absolute atomic E-state index is 0.0531. The molecule has 0 bridgehead atoms. The summed E-state index contributed by atoms with van der Waals surface area (Å²) in [5.41, 5.74) is 0. The molecule has 1 heterocycles. The summed E-state index contributed by atoms with van der Waals surface area (Å²) in [7, 11) is -3.04. The maximum absolute atomic E-state index is 11.7. The lowest BCUT2D eigenvalue weighted by molar-refractivity contribution is -0.133. The molecule has 1 aliphatic rings. The van der Waals surface area contributed by atoms with Crippen LogP contribution in [-0.2, 0) is 14.6 Å². The smallest absolute Gasteiger partial charge is 0.223 e. The average molecular weight is 234 g/mol. The summed E-state index contributed by atoms with van der Waals surface area (Å²) in [5.74, 6) is -0.114. The lowest BCUT2D eigenvalue weighted by atomic mass is 10.2. The zero-order valence-electron chi connectivity index (χ0n) is 9.19. The Morgan fingerprint density at radius 3 is 2.73 bits per heavy atom. The molecule has 0 aromatic carbocycles. The molecule has 0 aromatic rings. The third-order valence-corrected chi connectivity index (χ3v) is 3.45. The molecule has 15 heavy (non-hydrogen) atoms. The predicted molar refractivity (Wildman–Crippen MR) is 58.4 cm³/mol. The number of nitrogens with zero attached hydrogens (tertiary/aromatic N) is 1. The second-order valence-corrected chi connectivity index (χ2v) is 6.28. The fourth-order valence-electron chi connectivity index (χ4n) is 1.63. The number of hydrogen-bond donors (Lipinski definition) is 1. The van der Waals surface area contributed by atoms with E-state index >= 15 is 0 Å². The van der Waals surface area contributed by atoms with Gasteiger partial charge in [-0.25, -0.2) is 8.42 Å². The maximum Gasteiger partial charge on any atom is 0.223 e. The van der Waals surface area contributed by atoms with Crippen LogP contribution in [0.25, 0.3) is 0 Å². The van der Waals surface area contributed by atoms with E-state index in [4.69, 9.17) is 0 Å². The van der Waals surface area contributed by atoms with E-state index < -0.39 is 9.84 Å². The van der Waals surface area contributed by atoms with Gasteiger partial charge < -0.3 is 10.2 Å². The van der Waals surface area contributed by atoms with Gasteiger partial charge in [0, 0.05) is 38.4 Å². The highest BCUT2D eigenvalue weighted by Crippen LogP contribution is 2.05. The van der Waals surface area contributed by atoms with Crippen molar-refractivity contribution < 1.29 is 13.2 Å². The Hall–Kier alpha value is -0.620. The van der Waals surface area contributed by atoms with Crippen LogP contribution in [0, 0.1) is 0 Å². The minimum atomic E-state index is -3.04. The molecule has 0 radical (unpaired) electrons.